The molecule has 3 aliphatic rings. The maximum Gasteiger partial charge on any atom is 0.182 e. The number of H-pyrrole nitrogens is 1. The lowest BCUT2D eigenvalue weighted by Gasteiger charge is -2.30. The van der Waals surface area contributed by atoms with Crippen molar-refractivity contribution in [2.24, 2.45) is 10.8 Å². The molecule has 8 heterocycles. The van der Waals surface area contributed by atoms with Crippen molar-refractivity contribution in [3.05, 3.63) is 128 Å². The largest absolute Gasteiger partial charge is 0.364 e. The molecule has 0 atom stereocenters. The molecule has 0 bridgehead atoms. The number of anilines is 4. The molecular weight excluding hydrogens is 917 g/mol. The van der Waals surface area contributed by atoms with Gasteiger partial charge in [0, 0.05) is 90.1 Å². The fraction of sp³-hybridized carbons (Fsp3) is 0.360. The summed E-state index contributed by atoms with van der Waals surface area (Å²) in [5.74, 6) is 3.66. The van der Waals surface area contributed by atoms with Gasteiger partial charge in [-0.15, -0.1) is 0 Å². The zero-order chi connectivity index (χ0) is 46.8. The molecule has 0 radical (unpaired) electrons. The lowest BCUT2D eigenvalue weighted by atomic mass is 10.1. The first kappa shape index (κ1) is 46.9. The molecular formula is C50H54Cl3N15. The molecule has 8 aromatic rings. The molecule has 3 aliphatic heterocycles. The Hall–Kier alpha value is -6.22. The van der Waals surface area contributed by atoms with E-state index >= 15 is 0 Å². The Kier molecular flexibility index (Phi) is 15.3. The van der Waals surface area contributed by atoms with Crippen molar-refractivity contribution in [3.8, 4) is 0 Å². The average Bonchev–Trinajstić information content (AvgIpc) is 3.88. The molecule has 68 heavy (non-hydrogen) atoms. The fourth-order valence-electron chi connectivity index (χ4n) is 9.31. The summed E-state index contributed by atoms with van der Waals surface area (Å²) >= 11 is 18.9. The van der Waals surface area contributed by atoms with E-state index in [1.807, 2.05) is 54.6 Å². The molecule has 0 aliphatic carbocycles. The van der Waals surface area contributed by atoms with Gasteiger partial charge in [-0.3, -0.25) is 0 Å². The monoisotopic (exact) mass is 969 g/mol. The van der Waals surface area contributed by atoms with Gasteiger partial charge in [-0.25, -0.2) is 29.9 Å². The number of hydrogen-bond acceptors (Lipinski definition) is 12. The molecule has 3 aromatic carbocycles. The van der Waals surface area contributed by atoms with Crippen LogP contribution in [0.2, 0.25) is 15.1 Å². The quantitative estimate of drug-likeness (QED) is 0.0709. The standard InChI is InChI=1S/C20H20ClN7.C15H16ClN5.C15H18ClN3/c21-15-6-4-5-13-9-14(20(27-16(13)15)28-7-2-1-3-8-28)10-22-18-17-19(24-11-23-17)26-12-25-18;16-13-6-4-5-11-9-12(10-18-20-17)15(19-14(11)13)21-7-2-1-3-8-21;16-13-6-4-5-11-9-12(10-17)15(18-14(11)13)19-7-2-1-3-8-19/h4-6,9,11-12H,1-3,7-8,10H2,(H2,22,23,24,25,26);4-6,9H,1-3,7-8,10H2;4-6,9H,1-3,7-8,10,17H2. The Labute approximate surface area is 410 Å². The number of imidazole rings is 1. The van der Waals surface area contributed by atoms with E-state index in [4.69, 9.17) is 61.0 Å². The Bertz CT molecular complexity index is 3070. The van der Waals surface area contributed by atoms with Crippen molar-refractivity contribution in [2.75, 3.05) is 59.3 Å². The predicted octanol–water partition coefficient (Wildman–Crippen LogP) is 12.2. The molecule has 0 spiro atoms. The third-order valence-corrected chi connectivity index (χ3v) is 13.6. The number of para-hydroxylation sites is 3. The van der Waals surface area contributed by atoms with Crippen LogP contribution >= 0.6 is 34.8 Å². The van der Waals surface area contributed by atoms with Crippen molar-refractivity contribution in [3.63, 3.8) is 0 Å². The predicted molar refractivity (Wildman–Crippen MR) is 278 cm³/mol. The van der Waals surface area contributed by atoms with Gasteiger partial charge in [0.1, 0.15) is 29.3 Å². The van der Waals surface area contributed by atoms with E-state index in [1.54, 1.807) is 6.33 Å². The highest BCUT2D eigenvalue weighted by Gasteiger charge is 2.21. The molecule has 0 amide bonds. The van der Waals surface area contributed by atoms with E-state index in [-0.39, 0.29) is 0 Å². The maximum atomic E-state index is 8.59. The van der Waals surface area contributed by atoms with Crippen molar-refractivity contribution in [1.82, 2.24) is 34.9 Å². The van der Waals surface area contributed by atoms with Crippen LogP contribution in [0, 0.1) is 0 Å². The van der Waals surface area contributed by atoms with Crippen molar-refractivity contribution >= 4 is 102 Å². The van der Waals surface area contributed by atoms with Gasteiger partial charge in [-0.05, 0) is 99.7 Å². The smallest absolute Gasteiger partial charge is 0.182 e. The van der Waals surface area contributed by atoms with E-state index in [0.717, 1.165) is 117 Å². The first-order chi connectivity index (χ1) is 33.4. The Morgan fingerprint density at radius 3 is 1.54 bits per heavy atom. The Morgan fingerprint density at radius 2 is 1.06 bits per heavy atom. The number of nitrogens with one attached hydrogen (secondary N) is 2. The number of benzene rings is 3. The van der Waals surface area contributed by atoms with Crippen LogP contribution in [0.1, 0.15) is 74.5 Å². The number of azide groups is 1. The van der Waals surface area contributed by atoms with Gasteiger partial charge in [0.25, 0.3) is 0 Å². The van der Waals surface area contributed by atoms with Crippen LogP contribution in [-0.4, -0.2) is 74.2 Å². The van der Waals surface area contributed by atoms with Crippen LogP contribution in [0.15, 0.2) is 90.6 Å². The van der Waals surface area contributed by atoms with Crippen molar-refractivity contribution < 1.29 is 0 Å². The number of aromatic amines is 1. The number of piperidine rings is 3. The van der Waals surface area contributed by atoms with Gasteiger partial charge in [0.2, 0.25) is 0 Å². The van der Waals surface area contributed by atoms with Gasteiger partial charge < -0.3 is 30.7 Å². The number of nitrogens with two attached hydrogens (primary N) is 1. The molecule has 0 unspecified atom stereocenters. The van der Waals surface area contributed by atoms with E-state index in [2.05, 4.69) is 68.2 Å². The summed E-state index contributed by atoms with van der Waals surface area (Å²) in [5, 5.41) is 12.3. The number of aromatic nitrogens is 7. The summed E-state index contributed by atoms with van der Waals surface area (Å²) in [4.78, 5) is 40.2. The minimum absolute atomic E-state index is 0.317. The van der Waals surface area contributed by atoms with Gasteiger partial charge in [-0.2, -0.15) is 0 Å². The molecule has 18 heteroatoms. The van der Waals surface area contributed by atoms with Crippen LogP contribution in [0.5, 0.6) is 0 Å². The van der Waals surface area contributed by atoms with E-state index in [0.29, 0.717) is 40.3 Å². The number of hydrogen-bond donors (Lipinski definition) is 3. The minimum atomic E-state index is 0.317. The third kappa shape index (κ3) is 10.7. The zero-order valence-corrected chi connectivity index (χ0v) is 40.2. The van der Waals surface area contributed by atoms with Gasteiger partial charge >= 0.3 is 0 Å². The highest BCUT2D eigenvalue weighted by atomic mass is 35.5. The zero-order valence-electron chi connectivity index (χ0n) is 37.9. The van der Waals surface area contributed by atoms with Crippen LogP contribution in [0.3, 0.4) is 0 Å². The highest BCUT2D eigenvalue weighted by molar-refractivity contribution is 6.36. The third-order valence-electron chi connectivity index (χ3n) is 12.7. The molecule has 3 saturated heterocycles. The SMILES string of the molecule is Clc1cccc2cc(CNc3ncnc4nc[nH]c34)c(N3CCCCC3)nc12.NCc1cc2cccc(Cl)c2nc1N1CCCCC1.[N-]=[N+]=NCc1cc2cccc(Cl)c2nc1N1CCCCC1. The average molecular weight is 971 g/mol. The van der Waals surface area contributed by atoms with Crippen LogP contribution in [-0.2, 0) is 19.6 Å². The van der Waals surface area contributed by atoms with Gasteiger partial charge in [-0.1, -0.05) is 76.3 Å². The molecule has 5 aromatic heterocycles. The second-order valence-electron chi connectivity index (χ2n) is 17.3. The van der Waals surface area contributed by atoms with Gasteiger partial charge in [0.15, 0.2) is 11.5 Å². The molecule has 350 valence electrons. The van der Waals surface area contributed by atoms with Crippen LogP contribution < -0.4 is 25.8 Å². The molecule has 4 N–H and O–H groups in total. The lowest BCUT2D eigenvalue weighted by Crippen LogP contribution is -2.31. The van der Waals surface area contributed by atoms with E-state index in [9.17, 15) is 0 Å². The number of fused-ring (bicyclic) bond motifs is 4. The van der Waals surface area contributed by atoms with Crippen LogP contribution in [0.4, 0.5) is 23.3 Å². The summed E-state index contributed by atoms with van der Waals surface area (Å²) in [5.41, 5.74) is 21.7. The van der Waals surface area contributed by atoms with Crippen molar-refractivity contribution in [1.29, 1.82) is 0 Å². The summed E-state index contributed by atoms with van der Waals surface area (Å²) in [6.07, 6.45) is 14.2. The maximum absolute atomic E-state index is 8.59. The molecule has 3 fully saturated rings. The number of halogens is 3. The normalized spacial score (nSPS) is 15.1. The summed E-state index contributed by atoms with van der Waals surface area (Å²) in [7, 11) is 0. The summed E-state index contributed by atoms with van der Waals surface area (Å²) in [6, 6.07) is 23.9. The van der Waals surface area contributed by atoms with Crippen molar-refractivity contribution in [2.45, 2.75) is 77.4 Å². The molecule has 15 nitrogen and oxygen atoms in total. The second-order valence-corrected chi connectivity index (χ2v) is 18.5. The first-order valence-electron chi connectivity index (χ1n) is 23.5. The van der Waals surface area contributed by atoms with Crippen LogP contribution in [0.25, 0.3) is 54.3 Å². The Balaban J connectivity index is 0.000000131. The number of nitrogens with zero attached hydrogens (tertiary/aromatic N) is 12. The fourth-order valence-corrected chi connectivity index (χ4v) is 9.98. The summed E-state index contributed by atoms with van der Waals surface area (Å²) < 4.78 is 0. The topological polar surface area (TPSA) is 190 Å². The number of rotatable bonds is 9. The summed E-state index contributed by atoms with van der Waals surface area (Å²) in [6.45, 7) is 7.60. The van der Waals surface area contributed by atoms with Gasteiger partial charge in [0.05, 0.1) is 44.5 Å². The number of pyridine rings is 3. The molecule has 0 saturated carbocycles. The highest BCUT2D eigenvalue weighted by Crippen LogP contribution is 2.33. The van der Waals surface area contributed by atoms with E-state index < -0.39 is 0 Å². The second kappa shape index (κ2) is 22.3. The minimum Gasteiger partial charge on any atom is -0.364 e. The van der Waals surface area contributed by atoms with E-state index in [1.165, 1.54) is 64.1 Å². The Morgan fingerprint density at radius 1 is 0.603 bits per heavy atom. The first-order valence-corrected chi connectivity index (χ1v) is 24.6. The molecule has 11 rings (SSSR count). The lowest BCUT2D eigenvalue weighted by molar-refractivity contribution is 0.572.